The van der Waals surface area contributed by atoms with Crippen molar-refractivity contribution in [2.24, 2.45) is 7.05 Å². The number of rotatable bonds is 3. The molecule has 6 heteroatoms. The Bertz CT molecular complexity index is 1230. The Morgan fingerprint density at radius 3 is 2.93 bits per heavy atom. The van der Waals surface area contributed by atoms with Crippen molar-refractivity contribution in [3.63, 3.8) is 0 Å². The Kier molecular flexibility index (Phi) is 3.73. The third kappa shape index (κ3) is 2.74. The van der Waals surface area contributed by atoms with Gasteiger partial charge in [0.2, 0.25) is 18.0 Å². The van der Waals surface area contributed by atoms with E-state index in [1.165, 1.54) is 5.56 Å². The van der Waals surface area contributed by atoms with E-state index in [0.29, 0.717) is 5.82 Å². The fourth-order valence-electron chi connectivity index (χ4n) is 3.55. The molecule has 3 heterocycles. The first-order valence-electron chi connectivity index (χ1n) is 9.02. The second-order valence-electron chi connectivity index (χ2n) is 6.75. The Balaban J connectivity index is 1.48. The van der Waals surface area contributed by atoms with Crippen LogP contribution >= 0.6 is 0 Å². The van der Waals surface area contributed by atoms with Crippen LogP contribution in [-0.4, -0.2) is 14.1 Å². The first kappa shape index (κ1) is 16.3. The molecule has 0 spiro atoms. The van der Waals surface area contributed by atoms with Crippen molar-refractivity contribution in [1.29, 1.82) is 0 Å². The summed E-state index contributed by atoms with van der Waals surface area (Å²) >= 11 is 0. The molecule has 0 fully saturated rings. The van der Waals surface area contributed by atoms with Gasteiger partial charge in [-0.1, -0.05) is 24.8 Å². The lowest BCUT2D eigenvalue weighted by Gasteiger charge is -2.17. The summed E-state index contributed by atoms with van der Waals surface area (Å²) in [5, 5.41) is 0. The number of imidazole rings is 2. The van der Waals surface area contributed by atoms with Crippen LogP contribution in [0, 0.1) is 12.9 Å². The zero-order chi connectivity index (χ0) is 19.1. The van der Waals surface area contributed by atoms with E-state index >= 15 is 0 Å². The predicted octanol–water partition coefficient (Wildman–Crippen LogP) is 3.86. The van der Waals surface area contributed by atoms with Crippen LogP contribution in [0.25, 0.3) is 21.9 Å². The van der Waals surface area contributed by atoms with Gasteiger partial charge in [-0.3, -0.25) is 4.57 Å². The number of hydrogen-bond donors (Lipinski definition) is 0. The van der Waals surface area contributed by atoms with Crippen LogP contribution in [0.2, 0.25) is 0 Å². The van der Waals surface area contributed by atoms with Crippen molar-refractivity contribution in [1.82, 2.24) is 14.1 Å². The van der Waals surface area contributed by atoms with Gasteiger partial charge in [0.25, 0.3) is 0 Å². The summed E-state index contributed by atoms with van der Waals surface area (Å²) in [4.78, 5) is 8.02. The summed E-state index contributed by atoms with van der Waals surface area (Å²) in [7, 11) is 1.94. The SMILES string of the molecule is [C-]#[N+]c1cnc2n1CCc1ccc(Oc3cccc(-n4[c-][n+](C)cc4)c3)cc1-2. The van der Waals surface area contributed by atoms with Gasteiger partial charge in [-0.2, -0.15) is 0 Å². The second kappa shape index (κ2) is 6.39. The van der Waals surface area contributed by atoms with Gasteiger partial charge >= 0.3 is 0 Å². The summed E-state index contributed by atoms with van der Waals surface area (Å²) in [6.07, 6.45) is 9.61. The number of fused-ring (bicyclic) bond motifs is 3. The topological polar surface area (TPSA) is 40.2 Å². The molecule has 0 saturated carbocycles. The lowest BCUT2D eigenvalue weighted by Crippen LogP contribution is -2.24. The normalized spacial score (nSPS) is 12.1. The lowest BCUT2D eigenvalue weighted by molar-refractivity contribution is -0.674. The molecule has 0 aliphatic carbocycles. The molecule has 0 unspecified atom stereocenters. The molecule has 0 N–H and O–H groups in total. The Morgan fingerprint density at radius 1 is 1.21 bits per heavy atom. The molecule has 2 aromatic heterocycles. The van der Waals surface area contributed by atoms with Gasteiger partial charge < -0.3 is 18.7 Å². The van der Waals surface area contributed by atoms with E-state index < -0.39 is 0 Å². The minimum atomic E-state index is 0.579. The van der Waals surface area contributed by atoms with Crippen LogP contribution in [0.3, 0.4) is 0 Å². The molecule has 0 saturated heterocycles. The number of ether oxygens (including phenoxy) is 1. The van der Waals surface area contributed by atoms with E-state index in [4.69, 9.17) is 11.3 Å². The summed E-state index contributed by atoms with van der Waals surface area (Å²) in [6.45, 7) is 8.09. The zero-order valence-corrected chi connectivity index (χ0v) is 15.3. The number of aryl methyl sites for hydroxylation is 2. The van der Waals surface area contributed by atoms with Crippen LogP contribution < -0.4 is 9.30 Å². The Morgan fingerprint density at radius 2 is 2.11 bits per heavy atom. The molecule has 6 nitrogen and oxygen atoms in total. The van der Waals surface area contributed by atoms with Gasteiger partial charge in [-0.15, -0.1) is 0 Å². The summed E-state index contributed by atoms with van der Waals surface area (Å²) in [6, 6.07) is 14.0. The lowest BCUT2D eigenvalue weighted by atomic mass is 10.0. The van der Waals surface area contributed by atoms with Crippen molar-refractivity contribution in [2.75, 3.05) is 0 Å². The van der Waals surface area contributed by atoms with Crippen molar-refractivity contribution >= 4 is 5.82 Å². The van der Waals surface area contributed by atoms with E-state index in [9.17, 15) is 0 Å². The minimum Gasteiger partial charge on any atom is -0.458 e. The fourth-order valence-corrected chi connectivity index (χ4v) is 3.55. The summed E-state index contributed by atoms with van der Waals surface area (Å²) < 4.78 is 11.9. The average molecular weight is 367 g/mol. The fraction of sp³-hybridized carbons (Fsp3) is 0.136. The summed E-state index contributed by atoms with van der Waals surface area (Å²) in [5.74, 6) is 2.92. The highest BCUT2D eigenvalue weighted by atomic mass is 16.5. The number of benzene rings is 2. The van der Waals surface area contributed by atoms with E-state index in [-0.39, 0.29) is 0 Å². The highest BCUT2D eigenvalue weighted by Gasteiger charge is 2.23. The molecule has 5 rings (SSSR count). The van der Waals surface area contributed by atoms with E-state index in [0.717, 1.165) is 41.5 Å². The maximum atomic E-state index is 7.30. The van der Waals surface area contributed by atoms with E-state index in [1.54, 1.807) is 6.20 Å². The third-order valence-electron chi connectivity index (χ3n) is 4.91. The molecule has 28 heavy (non-hydrogen) atoms. The molecule has 0 atom stereocenters. The highest BCUT2D eigenvalue weighted by Crippen LogP contribution is 2.35. The highest BCUT2D eigenvalue weighted by molar-refractivity contribution is 5.67. The van der Waals surface area contributed by atoms with Crippen molar-refractivity contribution < 1.29 is 9.30 Å². The summed E-state index contributed by atoms with van der Waals surface area (Å²) in [5.41, 5.74) is 3.24. The molecule has 2 aromatic carbocycles. The van der Waals surface area contributed by atoms with Gasteiger partial charge in [-0.05, 0) is 29.8 Å². The minimum absolute atomic E-state index is 0.579. The van der Waals surface area contributed by atoms with Crippen LogP contribution in [0.15, 0.2) is 61.1 Å². The van der Waals surface area contributed by atoms with Gasteiger partial charge in [-0.25, -0.2) is 4.98 Å². The molecule has 1 aliphatic rings. The van der Waals surface area contributed by atoms with Gasteiger partial charge in [0.15, 0.2) is 0 Å². The standard InChI is InChI=1S/C22H17N5O/c1-23-21-14-24-22-20-13-19(7-6-16(20)8-9-27(21)22)28-18-5-3-4-17(12-18)26-11-10-25(2)15-26/h3-7,10-14H,8-9H2,2H3. The largest absolute Gasteiger partial charge is 0.458 e. The van der Waals surface area contributed by atoms with Crippen molar-refractivity contribution in [3.05, 3.63) is 84.4 Å². The van der Waals surface area contributed by atoms with Crippen LogP contribution in [0.5, 0.6) is 11.5 Å². The van der Waals surface area contributed by atoms with Crippen molar-refractivity contribution in [2.45, 2.75) is 13.0 Å². The van der Waals surface area contributed by atoms with Crippen LogP contribution in [-0.2, 0) is 20.0 Å². The average Bonchev–Trinajstić information content (AvgIpc) is 3.34. The number of aromatic nitrogens is 4. The van der Waals surface area contributed by atoms with Gasteiger partial charge in [0.1, 0.15) is 11.5 Å². The van der Waals surface area contributed by atoms with Crippen LogP contribution in [0.1, 0.15) is 5.56 Å². The molecule has 1 aliphatic heterocycles. The molecular formula is C22H17N5O. The van der Waals surface area contributed by atoms with Crippen LogP contribution in [0.4, 0.5) is 5.82 Å². The Hall–Kier alpha value is -3.85. The second-order valence-corrected chi connectivity index (χ2v) is 6.75. The third-order valence-corrected chi connectivity index (χ3v) is 4.91. The number of nitrogens with zero attached hydrogens (tertiary/aromatic N) is 5. The monoisotopic (exact) mass is 367 g/mol. The first-order chi connectivity index (χ1) is 13.7. The molecule has 0 amide bonds. The first-order valence-corrected chi connectivity index (χ1v) is 9.02. The zero-order valence-electron chi connectivity index (χ0n) is 15.3. The van der Waals surface area contributed by atoms with E-state index in [1.807, 2.05) is 69.5 Å². The quantitative estimate of drug-likeness (QED) is 0.407. The maximum Gasteiger partial charge on any atom is 0.250 e. The molecular weight excluding hydrogens is 350 g/mol. The molecule has 0 bridgehead atoms. The van der Waals surface area contributed by atoms with Gasteiger partial charge in [0, 0.05) is 24.4 Å². The smallest absolute Gasteiger partial charge is 0.250 e. The molecule has 136 valence electrons. The van der Waals surface area contributed by atoms with Crippen molar-refractivity contribution in [3.8, 4) is 28.6 Å². The predicted molar refractivity (Wildman–Crippen MR) is 103 cm³/mol. The maximum absolute atomic E-state index is 7.30. The van der Waals surface area contributed by atoms with E-state index in [2.05, 4.69) is 22.2 Å². The molecule has 4 aromatic rings. The Labute approximate surface area is 162 Å². The van der Waals surface area contributed by atoms with Gasteiger partial charge in [0.05, 0.1) is 25.5 Å². The molecule has 0 radical (unpaired) electrons. The number of hydrogen-bond acceptors (Lipinski definition) is 2.